The van der Waals surface area contributed by atoms with Crippen molar-refractivity contribution in [2.45, 2.75) is 6.92 Å². The molecule has 0 saturated carbocycles. The summed E-state index contributed by atoms with van der Waals surface area (Å²) in [7, 11) is 0. The molecular weight excluding hydrogens is 334 g/mol. The number of aryl methyl sites for hydroxylation is 1. The maximum atomic E-state index is 12.8. The summed E-state index contributed by atoms with van der Waals surface area (Å²) in [6, 6.07) is 17.1. The number of rotatable bonds is 4. The maximum Gasteiger partial charge on any atom is 0.283 e. The van der Waals surface area contributed by atoms with Crippen molar-refractivity contribution in [1.29, 1.82) is 0 Å². The monoisotopic (exact) mass is 351 g/mol. The van der Waals surface area contributed by atoms with E-state index >= 15 is 0 Å². The summed E-state index contributed by atoms with van der Waals surface area (Å²) < 4.78 is 0. The molecule has 5 nitrogen and oxygen atoms in total. The lowest BCUT2D eigenvalue weighted by atomic mass is 10.1. The van der Waals surface area contributed by atoms with Crippen molar-refractivity contribution in [3.63, 3.8) is 0 Å². The molecule has 0 aromatic heterocycles. The fraction of sp³-hybridized carbons (Fsp3) is 0.105. The van der Waals surface area contributed by atoms with Crippen LogP contribution in [0.2, 0.25) is 0 Å². The van der Waals surface area contributed by atoms with Crippen LogP contribution in [-0.2, 0) is 9.59 Å². The number of primary amides is 1. The predicted octanol–water partition coefficient (Wildman–Crippen LogP) is 2.96. The molecule has 0 unspecified atom stereocenters. The molecule has 0 saturated heterocycles. The fourth-order valence-electron chi connectivity index (χ4n) is 2.35. The minimum atomic E-state index is -0.455. The summed E-state index contributed by atoms with van der Waals surface area (Å²) in [4.78, 5) is 29.9. The van der Waals surface area contributed by atoms with Crippen molar-refractivity contribution in [1.82, 2.24) is 0 Å². The third kappa shape index (κ3) is 3.97. The van der Waals surface area contributed by atoms with Crippen LogP contribution < -0.4 is 10.6 Å². The molecular formula is C19H17N3O2S. The van der Waals surface area contributed by atoms with Crippen molar-refractivity contribution in [3.05, 3.63) is 71.4 Å². The molecule has 2 aromatic rings. The zero-order chi connectivity index (χ0) is 17.8. The molecule has 126 valence electrons. The zero-order valence-electron chi connectivity index (χ0n) is 13.7. The van der Waals surface area contributed by atoms with Gasteiger partial charge in [0, 0.05) is 0 Å². The van der Waals surface area contributed by atoms with E-state index in [-0.39, 0.29) is 11.7 Å². The minimum absolute atomic E-state index is 0.0628. The smallest absolute Gasteiger partial charge is 0.283 e. The molecule has 0 radical (unpaired) electrons. The molecule has 6 heteroatoms. The highest BCUT2D eigenvalue weighted by molar-refractivity contribution is 8.14. The topological polar surface area (TPSA) is 75.8 Å². The number of nitrogens with two attached hydrogens (primary N) is 1. The highest BCUT2D eigenvalue weighted by atomic mass is 32.2. The summed E-state index contributed by atoms with van der Waals surface area (Å²) in [6.07, 6.45) is 1.75. The molecule has 0 aliphatic carbocycles. The first-order valence-corrected chi connectivity index (χ1v) is 8.71. The van der Waals surface area contributed by atoms with Crippen molar-refractivity contribution in [2.24, 2.45) is 10.7 Å². The van der Waals surface area contributed by atoms with Gasteiger partial charge < -0.3 is 5.73 Å². The van der Waals surface area contributed by atoms with Crippen molar-refractivity contribution < 1.29 is 9.59 Å². The van der Waals surface area contributed by atoms with E-state index < -0.39 is 5.91 Å². The number of benzene rings is 2. The van der Waals surface area contributed by atoms with E-state index in [4.69, 9.17) is 5.73 Å². The molecule has 1 heterocycles. The van der Waals surface area contributed by atoms with Crippen LogP contribution >= 0.6 is 11.8 Å². The number of thioether (sulfide) groups is 1. The molecule has 0 atom stereocenters. The Bertz CT molecular complexity index is 858. The average molecular weight is 351 g/mol. The van der Waals surface area contributed by atoms with Gasteiger partial charge in [-0.05, 0) is 30.7 Å². The number of hydrogen-bond acceptors (Lipinski definition) is 4. The van der Waals surface area contributed by atoms with Gasteiger partial charge in [-0.1, -0.05) is 59.8 Å². The summed E-state index contributed by atoms with van der Waals surface area (Å²) in [5.74, 6) is -0.615. The van der Waals surface area contributed by atoms with Crippen LogP contribution in [0.3, 0.4) is 0 Å². The molecule has 0 fully saturated rings. The Morgan fingerprint density at radius 3 is 2.48 bits per heavy atom. The van der Waals surface area contributed by atoms with Crippen LogP contribution in [0.5, 0.6) is 0 Å². The Balaban J connectivity index is 1.96. The Kier molecular flexibility index (Phi) is 5.00. The predicted molar refractivity (Wildman–Crippen MR) is 102 cm³/mol. The Labute approximate surface area is 150 Å². The highest BCUT2D eigenvalue weighted by Gasteiger charge is 2.32. The molecule has 2 N–H and O–H groups in total. The number of amides is 2. The number of anilines is 1. The van der Waals surface area contributed by atoms with Gasteiger partial charge in [0.2, 0.25) is 5.91 Å². The standard InChI is InChI=1S/C19H17N3O2S/c1-13-7-9-14(10-8-13)11-16-18(24)22(15-5-3-2-4-6-15)19(21-16)25-12-17(20)23/h2-11H,12H2,1H3,(H2,20,23)/b16-11-. The highest BCUT2D eigenvalue weighted by Crippen LogP contribution is 2.29. The SMILES string of the molecule is Cc1ccc(/C=C2\N=C(SCC(N)=O)N(c3ccccc3)C2=O)cc1. The van der Waals surface area contributed by atoms with Gasteiger partial charge in [-0.3, -0.25) is 14.5 Å². The number of aliphatic imine (C=N–C) groups is 1. The van der Waals surface area contributed by atoms with Crippen LogP contribution in [0, 0.1) is 6.92 Å². The number of carbonyl (C=O) groups is 2. The van der Waals surface area contributed by atoms with Crippen LogP contribution in [0.25, 0.3) is 6.08 Å². The van der Waals surface area contributed by atoms with E-state index in [1.807, 2.05) is 61.5 Å². The van der Waals surface area contributed by atoms with E-state index in [9.17, 15) is 9.59 Å². The van der Waals surface area contributed by atoms with E-state index in [1.54, 1.807) is 6.08 Å². The van der Waals surface area contributed by atoms with E-state index in [0.29, 0.717) is 16.6 Å². The second-order valence-corrected chi connectivity index (χ2v) is 6.51. The fourth-order valence-corrected chi connectivity index (χ4v) is 3.11. The van der Waals surface area contributed by atoms with E-state index in [0.717, 1.165) is 22.9 Å². The summed E-state index contributed by atoms with van der Waals surface area (Å²) in [6.45, 7) is 2.01. The van der Waals surface area contributed by atoms with Gasteiger partial charge in [0.25, 0.3) is 5.91 Å². The van der Waals surface area contributed by atoms with Gasteiger partial charge in [-0.15, -0.1) is 0 Å². The van der Waals surface area contributed by atoms with Gasteiger partial charge in [0.15, 0.2) is 5.17 Å². The largest absolute Gasteiger partial charge is 0.369 e. The van der Waals surface area contributed by atoms with Crippen molar-refractivity contribution >= 4 is 40.5 Å². The Morgan fingerprint density at radius 2 is 1.84 bits per heavy atom. The average Bonchev–Trinajstić information content (AvgIpc) is 2.91. The first kappa shape index (κ1) is 17.0. The molecule has 3 rings (SSSR count). The van der Waals surface area contributed by atoms with E-state index in [1.165, 1.54) is 4.90 Å². The third-order valence-corrected chi connectivity index (χ3v) is 4.53. The lowest BCUT2D eigenvalue weighted by Crippen LogP contribution is -2.31. The van der Waals surface area contributed by atoms with Gasteiger partial charge in [-0.2, -0.15) is 0 Å². The van der Waals surface area contributed by atoms with Gasteiger partial charge in [0.1, 0.15) is 5.70 Å². The van der Waals surface area contributed by atoms with Crippen molar-refractivity contribution in [3.8, 4) is 0 Å². The number of nitrogens with zero attached hydrogens (tertiary/aromatic N) is 2. The van der Waals surface area contributed by atoms with Crippen LogP contribution in [0.4, 0.5) is 5.69 Å². The first-order chi connectivity index (χ1) is 12.0. The van der Waals surface area contributed by atoms with Crippen molar-refractivity contribution in [2.75, 3.05) is 10.7 Å². The Hall–Kier alpha value is -2.86. The summed E-state index contributed by atoms with van der Waals surface area (Å²) in [5.41, 5.74) is 8.31. The molecule has 2 amide bonds. The van der Waals surface area contributed by atoms with E-state index in [2.05, 4.69) is 4.99 Å². The lowest BCUT2D eigenvalue weighted by Gasteiger charge is -2.17. The van der Waals surface area contributed by atoms with Crippen LogP contribution in [-0.4, -0.2) is 22.7 Å². The number of carbonyl (C=O) groups excluding carboxylic acids is 2. The number of hydrogen-bond donors (Lipinski definition) is 1. The maximum absolute atomic E-state index is 12.8. The third-order valence-electron chi connectivity index (χ3n) is 3.57. The molecule has 1 aliphatic rings. The minimum Gasteiger partial charge on any atom is -0.369 e. The van der Waals surface area contributed by atoms with Crippen LogP contribution in [0.1, 0.15) is 11.1 Å². The molecule has 0 bridgehead atoms. The quantitative estimate of drug-likeness (QED) is 0.861. The number of amidine groups is 1. The van der Waals surface area contributed by atoms with Crippen LogP contribution in [0.15, 0.2) is 65.3 Å². The number of para-hydroxylation sites is 1. The summed E-state index contributed by atoms with van der Waals surface area (Å²) in [5, 5.41) is 0.452. The van der Waals surface area contributed by atoms with Gasteiger partial charge in [0.05, 0.1) is 11.4 Å². The molecule has 2 aromatic carbocycles. The zero-order valence-corrected chi connectivity index (χ0v) is 14.5. The molecule has 25 heavy (non-hydrogen) atoms. The second kappa shape index (κ2) is 7.36. The second-order valence-electron chi connectivity index (χ2n) is 5.57. The molecule has 0 spiro atoms. The first-order valence-electron chi connectivity index (χ1n) is 7.72. The lowest BCUT2D eigenvalue weighted by molar-refractivity contribution is -0.115. The summed E-state index contributed by atoms with van der Waals surface area (Å²) >= 11 is 1.16. The normalized spacial score (nSPS) is 15.6. The van der Waals surface area contributed by atoms with Gasteiger partial charge in [-0.25, -0.2) is 4.99 Å². The Morgan fingerprint density at radius 1 is 1.16 bits per heavy atom. The molecule has 1 aliphatic heterocycles. The van der Waals surface area contributed by atoms with Gasteiger partial charge >= 0.3 is 0 Å².